The highest BCUT2D eigenvalue weighted by Crippen LogP contribution is 2.26. The Bertz CT molecular complexity index is 1080. The number of ether oxygens (including phenoxy) is 1. The van der Waals surface area contributed by atoms with Gasteiger partial charge in [0.25, 0.3) is 5.91 Å². The lowest BCUT2D eigenvalue weighted by Crippen LogP contribution is -2.37. The van der Waals surface area contributed by atoms with Crippen molar-refractivity contribution in [2.45, 2.75) is 30.7 Å². The molecule has 2 aromatic carbocycles. The number of rotatable bonds is 7. The number of amides is 1. The summed E-state index contributed by atoms with van der Waals surface area (Å²) in [5, 5.41) is 3.52. The van der Waals surface area contributed by atoms with Gasteiger partial charge in [0.2, 0.25) is 0 Å². The lowest BCUT2D eigenvalue weighted by molar-refractivity contribution is 0.102. The van der Waals surface area contributed by atoms with E-state index in [0.717, 1.165) is 35.3 Å². The zero-order valence-electron chi connectivity index (χ0n) is 18.8. The predicted octanol–water partition coefficient (Wildman–Crippen LogP) is 5.12. The topological polar surface area (TPSA) is 67.3 Å². The Morgan fingerprint density at radius 2 is 1.79 bits per heavy atom. The van der Waals surface area contributed by atoms with Gasteiger partial charge in [-0.05, 0) is 47.9 Å². The minimum Gasteiger partial charge on any atom is -0.378 e. The molecule has 0 atom stereocenters. The van der Waals surface area contributed by atoms with Gasteiger partial charge < -0.3 is 15.0 Å². The van der Waals surface area contributed by atoms with Crippen LogP contribution < -0.4 is 10.2 Å². The van der Waals surface area contributed by atoms with Crippen LogP contribution in [0.25, 0.3) is 0 Å². The summed E-state index contributed by atoms with van der Waals surface area (Å²) in [5.74, 6) is 1.39. The molecule has 0 saturated carbocycles. The number of anilines is 2. The van der Waals surface area contributed by atoms with Crippen molar-refractivity contribution in [1.29, 1.82) is 0 Å². The minimum absolute atomic E-state index is 0.232. The molecule has 0 spiro atoms. The third-order valence-corrected chi connectivity index (χ3v) is 6.24. The second kappa shape index (κ2) is 10.8. The first kappa shape index (κ1) is 23.2. The maximum atomic E-state index is 13.0. The number of carbonyl (C=O) groups excluding carboxylic acids is 1. The van der Waals surface area contributed by atoms with Crippen LogP contribution in [0.4, 0.5) is 15.9 Å². The van der Waals surface area contributed by atoms with Gasteiger partial charge in [0, 0.05) is 41.9 Å². The van der Waals surface area contributed by atoms with Gasteiger partial charge in [0.1, 0.15) is 11.6 Å². The average molecular weight is 467 g/mol. The average Bonchev–Trinajstić information content (AvgIpc) is 2.85. The largest absolute Gasteiger partial charge is 0.378 e. The maximum absolute atomic E-state index is 13.0. The predicted molar refractivity (Wildman–Crippen MR) is 130 cm³/mol. The van der Waals surface area contributed by atoms with E-state index >= 15 is 0 Å². The van der Waals surface area contributed by atoms with Gasteiger partial charge in [0.15, 0.2) is 5.16 Å². The fourth-order valence-electron chi connectivity index (χ4n) is 3.38. The molecule has 1 amide bonds. The van der Waals surface area contributed by atoms with Crippen molar-refractivity contribution in [1.82, 2.24) is 9.97 Å². The Labute approximate surface area is 197 Å². The summed E-state index contributed by atoms with van der Waals surface area (Å²) in [6, 6.07) is 15.2. The fourth-order valence-corrected chi connectivity index (χ4v) is 4.20. The van der Waals surface area contributed by atoms with Gasteiger partial charge in [-0.15, -0.1) is 0 Å². The normalized spacial score (nSPS) is 13.9. The van der Waals surface area contributed by atoms with Crippen LogP contribution in [0, 0.1) is 5.82 Å². The van der Waals surface area contributed by atoms with Gasteiger partial charge in [0.05, 0.1) is 13.2 Å². The maximum Gasteiger partial charge on any atom is 0.255 e. The molecule has 172 valence electrons. The molecule has 1 aliphatic rings. The van der Waals surface area contributed by atoms with Gasteiger partial charge in [-0.2, -0.15) is 0 Å². The number of hydrogen-bond donors (Lipinski definition) is 1. The molecular formula is C25H27FN4O2S. The molecule has 4 rings (SSSR count). The molecule has 2 heterocycles. The second-order valence-electron chi connectivity index (χ2n) is 8.13. The molecule has 8 heteroatoms. The standard InChI is InChI=1S/C25H27FN4O2S/c1-17(2)22-15-23(30-11-13-32-14-12-30)29-25(28-22)33-16-18-3-5-19(6-4-18)24(31)27-21-9-7-20(26)8-10-21/h3-10,15,17H,11-14,16H2,1-2H3,(H,27,31). The molecule has 0 bridgehead atoms. The number of morpholine rings is 1. The van der Waals surface area contributed by atoms with E-state index in [4.69, 9.17) is 14.7 Å². The smallest absolute Gasteiger partial charge is 0.255 e. The van der Waals surface area contributed by atoms with E-state index in [2.05, 4.69) is 30.1 Å². The van der Waals surface area contributed by atoms with Gasteiger partial charge in [-0.1, -0.05) is 37.7 Å². The molecule has 0 unspecified atom stereocenters. The van der Waals surface area contributed by atoms with Gasteiger partial charge in [-0.3, -0.25) is 4.79 Å². The summed E-state index contributed by atoms with van der Waals surface area (Å²) in [7, 11) is 0. The number of aromatic nitrogens is 2. The minimum atomic E-state index is -0.338. The molecule has 3 aromatic rings. The second-order valence-corrected chi connectivity index (χ2v) is 9.08. The van der Waals surface area contributed by atoms with Crippen molar-refractivity contribution in [3.8, 4) is 0 Å². The summed E-state index contributed by atoms with van der Waals surface area (Å²) in [5.41, 5.74) is 3.20. The number of carbonyl (C=O) groups is 1. The van der Waals surface area contributed by atoms with E-state index < -0.39 is 0 Å². The first-order chi connectivity index (χ1) is 16.0. The fraction of sp³-hybridized carbons (Fsp3) is 0.320. The number of benzene rings is 2. The lowest BCUT2D eigenvalue weighted by atomic mass is 10.1. The van der Waals surface area contributed by atoms with Crippen LogP contribution in [0.1, 0.15) is 41.4 Å². The summed E-state index contributed by atoms with van der Waals surface area (Å²) in [4.78, 5) is 24.2. The summed E-state index contributed by atoms with van der Waals surface area (Å²) in [6.45, 7) is 7.36. The molecule has 1 aromatic heterocycles. The Morgan fingerprint density at radius 3 is 2.45 bits per heavy atom. The molecule has 6 nitrogen and oxygen atoms in total. The van der Waals surface area contributed by atoms with Crippen LogP contribution in [0.5, 0.6) is 0 Å². The van der Waals surface area contributed by atoms with Crippen molar-refractivity contribution in [3.63, 3.8) is 0 Å². The van der Waals surface area contributed by atoms with Crippen LogP contribution in [-0.2, 0) is 10.5 Å². The Balaban J connectivity index is 1.40. The zero-order valence-corrected chi connectivity index (χ0v) is 19.6. The van der Waals surface area contributed by atoms with Gasteiger partial charge >= 0.3 is 0 Å². The number of thioether (sulfide) groups is 1. The van der Waals surface area contributed by atoms with Crippen molar-refractivity contribution < 1.29 is 13.9 Å². The van der Waals surface area contributed by atoms with Crippen molar-refractivity contribution in [2.75, 3.05) is 36.5 Å². The van der Waals surface area contributed by atoms with E-state index in [-0.39, 0.29) is 11.7 Å². The molecule has 1 N–H and O–H groups in total. The van der Waals surface area contributed by atoms with E-state index in [1.54, 1.807) is 23.9 Å². The zero-order chi connectivity index (χ0) is 23.2. The quantitative estimate of drug-likeness (QED) is 0.385. The summed E-state index contributed by atoms with van der Waals surface area (Å²) in [6.07, 6.45) is 0. The van der Waals surface area contributed by atoms with Crippen molar-refractivity contribution >= 4 is 29.2 Å². The molecule has 1 fully saturated rings. The van der Waals surface area contributed by atoms with Crippen molar-refractivity contribution in [3.05, 3.63) is 77.2 Å². The Hall–Kier alpha value is -2.97. The molecule has 0 aliphatic carbocycles. The highest BCUT2D eigenvalue weighted by Gasteiger charge is 2.16. The first-order valence-corrected chi connectivity index (χ1v) is 12.0. The molecule has 1 aliphatic heterocycles. The molecule has 33 heavy (non-hydrogen) atoms. The first-order valence-electron chi connectivity index (χ1n) is 11.0. The third-order valence-electron chi connectivity index (χ3n) is 5.32. The summed E-state index contributed by atoms with van der Waals surface area (Å²) >= 11 is 1.59. The van der Waals surface area contributed by atoms with Crippen molar-refractivity contribution in [2.24, 2.45) is 0 Å². The SMILES string of the molecule is CC(C)c1cc(N2CCOCC2)nc(SCc2ccc(C(=O)Nc3ccc(F)cc3)cc2)n1. The van der Waals surface area contributed by atoms with E-state index in [9.17, 15) is 9.18 Å². The van der Waals surface area contributed by atoms with Gasteiger partial charge in [-0.25, -0.2) is 14.4 Å². The van der Waals surface area contributed by atoms with E-state index in [1.165, 1.54) is 24.3 Å². The third kappa shape index (κ3) is 6.30. The van der Waals surface area contributed by atoms with Crippen LogP contribution in [0.3, 0.4) is 0 Å². The highest BCUT2D eigenvalue weighted by atomic mass is 32.2. The Morgan fingerprint density at radius 1 is 1.09 bits per heavy atom. The Kier molecular flexibility index (Phi) is 7.57. The monoisotopic (exact) mass is 466 g/mol. The summed E-state index contributed by atoms with van der Waals surface area (Å²) < 4.78 is 18.5. The van der Waals surface area contributed by atoms with Crippen LogP contribution >= 0.6 is 11.8 Å². The number of nitrogens with one attached hydrogen (secondary N) is 1. The number of nitrogens with zero attached hydrogens (tertiary/aromatic N) is 3. The van der Waals surface area contributed by atoms with E-state index in [0.29, 0.717) is 36.1 Å². The number of hydrogen-bond acceptors (Lipinski definition) is 6. The van der Waals surface area contributed by atoms with Crippen LogP contribution in [0.15, 0.2) is 59.8 Å². The number of halogens is 1. The highest BCUT2D eigenvalue weighted by molar-refractivity contribution is 7.98. The van der Waals surface area contributed by atoms with E-state index in [1.807, 2.05) is 12.1 Å². The molecule has 0 radical (unpaired) electrons. The molecule has 1 saturated heterocycles. The van der Waals surface area contributed by atoms with Crippen LogP contribution in [-0.4, -0.2) is 42.2 Å². The lowest BCUT2D eigenvalue weighted by Gasteiger charge is -2.28. The molecular weight excluding hydrogens is 439 g/mol. The van der Waals surface area contributed by atoms with Crippen LogP contribution in [0.2, 0.25) is 0 Å².